The van der Waals surface area contributed by atoms with Crippen molar-refractivity contribution >= 4 is 44.7 Å². The maximum atomic E-state index is 14.2. The van der Waals surface area contributed by atoms with Crippen molar-refractivity contribution in [3.05, 3.63) is 116 Å². The summed E-state index contributed by atoms with van der Waals surface area (Å²) in [4.78, 5) is 38.9. The number of carbonyl (C=O) groups is 1. The number of H-pyrrole nitrogens is 1. The van der Waals surface area contributed by atoms with Crippen molar-refractivity contribution in [1.82, 2.24) is 25.1 Å². The molecule has 0 unspecified atom stereocenters. The molecule has 0 bridgehead atoms. The smallest absolute Gasteiger partial charge is 0.388 e. The first-order valence-corrected chi connectivity index (χ1v) is 17.3. The SMILES string of the molecule is O=C1c2c(nc(CCc3ccc(F)cc3)c(-c3n[nH]c(=O)o3)c2-c2cc3ccnc(N[C@@H]4CCc5c4ccc(F)c5Cl)c3s2)[C@@H]2CCCN12. The summed E-state index contributed by atoms with van der Waals surface area (Å²) in [6, 6.07) is 13.2. The first-order chi connectivity index (χ1) is 23.8. The molecule has 0 spiro atoms. The number of hydrogen-bond acceptors (Lipinski definition) is 8. The first kappa shape index (κ1) is 30.1. The molecule has 13 heteroatoms. The zero-order valence-corrected chi connectivity index (χ0v) is 27.4. The van der Waals surface area contributed by atoms with Gasteiger partial charge in [0.25, 0.3) is 11.8 Å². The predicted octanol–water partition coefficient (Wildman–Crippen LogP) is 7.81. The number of nitrogens with zero attached hydrogens (tertiary/aromatic N) is 4. The van der Waals surface area contributed by atoms with Gasteiger partial charge in [-0.15, -0.1) is 16.4 Å². The minimum atomic E-state index is -0.721. The van der Waals surface area contributed by atoms with E-state index in [9.17, 15) is 18.4 Å². The fourth-order valence-corrected chi connectivity index (χ4v) is 9.03. The molecule has 2 N–H and O–H groups in total. The molecule has 6 heterocycles. The van der Waals surface area contributed by atoms with Crippen LogP contribution in [-0.4, -0.2) is 37.5 Å². The molecular formula is C36H27ClF2N6O3S. The highest BCUT2D eigenvalue weighted by atomic mass is 35.5. The number of halogens is 3. The van der Waals surface area contributed by atoms with Crippen LogP contribution in [0.2, 0.25) is 5.02 Å². The van der Waals surface area contributed by atoms with Crippen LogP contribution in [0.4, 0.5) is 14.6 Å². The first-order valence-electron chi connectivity index (χ1n) is 16.1. The van der Waals surface area contributed by atoms with E-state index in [0.29, 0.717) is 59.7 Å². The second kappa shape index (κ2) is 11.6. The van der Waals surface area contributed by atoms with Crippen LogP contribution in [0.25, 0.3) is 32.0 Å². The van der Waals surface area contributed by atoms with Gasteiger partial charge in [0.05, 0.1) is 44.3 Å². The Balaban J connectivity index is 1.21. The van der Waals surface area contributed by atoms with E-state index in [2.05, 4.69) is 15.5 Å². The Morgan fingerprint density at radius 3 is 2.71 bits per heavy atom. The molecule has 0 radical (unpaired) electrons. The molecule has 9 rings (SSSR count). The summed E-state index contributed by atoms with van der Waals surface area (Å²) >= 11 is 7.78. The van der Waals surface area contributed by atoms with E-state index >= 15 is 0 Å². The monoisotopic (exact) mass is 696 g/mol. The van der Waals surface area contributed by atoms with Gasteiger partial charge in [-0.25, -0.2) is 23.7 Å². The quantitative estimate of drug-likeness (QED) is 0.175. The van der Waals surface area contributed by atoms with Gasteiger partial charge >= 0.3 is 5.76 Å². The molecule has 2 aromatic carbocycles. The van der Waals surface area contributed by atoms with Crippen LogP contribution in [0, 0.1) is 11.6 Å². The minimum Gasteiger partial charge on any atom is -0.388 e. The highest BCUT2D eigenvalue weighted by Gasteiger charge is 2.45. The Morgan fingerprint density at radius 1 is 1.04 bits per heavy atom. The summed E-state index contributed by atoms with van der Waals surface area (Å²) in [6.45, 7) is 0.637. The molecule has 1 amide bonds. The van der Waals surface area contributed by atoms with Crippen LogP contribution in [-0.2, 0) is 19.3 Å². The van der Waals surface area contributed by atoms with Crippen LogP contribution in [0.5, 0.6) is 0 Å². The molecule has 6 aromatic rings. The standard InChI is InChI=1S/C36H27ClF2N6O3S/c37-30-21-9-12-23(20(21)8-10-22(30)39)42-33-32-18(13-14-40-33)16-26(49-32)28-27(34-43-44-36(47)48-34)24(11-5-17-3-6-19(38)7-4-17)41-31-25-2-1-15-45(25)35(46)29(28)31/h3-4,6-8,10,13-14,16,23,25H,1-2,5,9,11-12,15H2,(H,40,42)(H,44,47)/t23-,25+/m1/s1. The van der Waals surface area contributed by atoms with Gasteiger partial charge in [-0.3, -0.25) is 9.78 Å². The Bertz CT molecular complexity index is 2370. The summed E-state index contributed by atoms with van der Waals surface area (Å²) in [5, 5.41) is 11.2. The molecule has 2 atom stereocenters. The lowest BCUT2D eigenvalue weighted by Gasteiger charge is -2.16. The molecule has 3 aliphatic rings. The van der Waals surface area contributed by atoms with E-state index in [1.807, 2.05) is 17.0 Å². The van der Waals surface area contributed by atoms with Crippen molar-refractivity contribution in [2.75, 3.05) is 11.9 Å². The van der Waals surface area contributed by atoms with E-state index in [1.165, 1.54) is 29.5 Å². The van der Waals surface area contributed by atoms with Crippen molar-refractivity contribution in [2.45, 2.75) is 50.6 Å². The Kier molecular flexibility index (Phi) is 7.13. The van der Waals surface area contributed by atoms with Crippen LogP contribution in [0.3, 0.4) is 0 Å². The third-order valence-electron chi connectivity index (χ3n) is 9.84. The molecule has 0 saturated carbocycles. The highest BCUT2D eigenvalue weighted by molar-refractivity contribution is 7.23. The number of rotatable bonds is 7. The van der Waals surface area contributed by atoms with Crippen LogP contribution in [0.15, 0.2) is 63.9 Å². The largest absolute Gasteiger partial charge is 0.434 e. The molecule has 49 heavy (non-hydrogen) atoms. The second-order valence-corrected chi connectivity index (χ2v) is 14.1. The minimum absolute atomic E-state index is 0.0462. The van der Waals surface area contributed by atoms with Gasteiger partial charge in [0, 0.05) is 23.2 Å². The molecular weight excluding hydrogens is 670 g/mol. The maximum Gasteiger partial charge on any atom is 0.434 e. The summed E-state index contributed by atoms with van der Waals surface area (Å²) in [7, 11) is 0. The number of aromatic nitrogens is 4. The number of nitrogens with one attached hydrogen (secondary N) is 2. The van der Waals surface area contributed by atoms with Crippen molar-refractivity contribution in [3.63, 3.8) is 0 Å². The zero-order chi connectivity index (χ0) is 33.4. The van der Waals surface area contributed by atoms with Crippen LogP contribution < -0.4 is 11.1 Å². The number of hydrogen-bond donors (Lipinski definition) is 2. The normalized spacial score (nSPS) is 17.9. The predicted molar refractivity (Wildman–Crippen MR) is 182 cm³/mol. The van der Waals surface area contributed by atoms with E-state index in [1.54, 1.807) is 24.4 Å². The summed E-state index contributed by atoms with van der Waals surface area (Å²) < 4.78 is 34.3. The second-order valence-electron chi connectivity index (χ2n) is 12.6. The Morgan fingerprint density at radius 2 is 1.90 bits per heavy atom. The molecule has 4 aromatic heterocycles. The molecule has 1 fully saturated rings. The van der Waals surface area contributed by atoms with Crippen molar-refractivity contribution in [1.29, 1.82) is 0 Å². The summed E-state index contributed by atoms with van der Waals surface area (Å²) in [5.74, 6) is -0.862. The fourth-order valence-electron chi connectivity index (χ4n) is 7.60. The Hall–Kier alpha value is -4.94. The number of amides is 1. The lowest BCUT2D eigenvalue weighted by Crippen LogP contribution is -2.22. The van der Waals surface area contributed by atoms with E-state index in [4.69, 9.17) is 26.0 Å². The van der Waals surface area contributed by atoms with Gasteiger partial charge in [0.2, 0.25) is 0 Å². The van der Waals surface area contributed by atoms with E-state index in [-0.39, 0.29) is 34.7 Å². The maximum absolute atomic E-state index is 14.2. The van der Waals surface area contributed by atoms with E-state index < -0.39 is 11.6 Å². The van der Waals surface area contributed by atoms with Crippen molar-refractivity contribution in [2.24, 2.45) is 0 Å². The number of aryl methyl sites for hydroxylation is 2. The lowest BCUT2D eigenvalue weighted by molar-refractivity contribution is 0.0776. The number of fused-ring (bicyclic) bond motifs is 5. The van der Waals surface area contributed by atoms with Gasteiger partial charge in [-0.2, -0.15) is 0 Å². The van der Waals surface area contributed by atoms with E-state index in [0.717, 1.165) is 50.9 Å². The summed E-state index contributed by atoms with van der Waals surface area (Å²) in [6.07, 6.45) is 5.78. The molecule has 246 valence electrons. The number of thiophene rings is 1. The molecule has 1 aliphatic carbocycles. The fraction of sp³-hybridized carbons (Fsp3) is 0.250. The van der Waals surface area contributed by atoms with Gasteiger partial charge < -0.3 is 14.6 Å². The van der Waals surface area contributed by atoms with Gasteiger partial charge in [0.15, 0.2) is 0 Å². The average Bonchev–Trinajstić information content (AvgIpc) is 3.94. The van der Waals surface area contributed by atoms with Crippen molar-refractivity contribution < 1.29 is 18.0 Å². The average molecular weight is 697 g/mol. The third-order valence-corrected chi connectivity index (χ3v) is 11.4. The highest BCUT2D eigenvalue weighted by Crippen LogP contribution is 2.50. The number of carbonyl (C=O) groups excluding carboxylic acids is 1. The molecule has 9 nitrogen and oxygen atoms in total. The molecule has 1 saturated heterocycles. The zero-order valence-electron chi connectivity index (χ0n) is 25.9. The lowest BCUT2D eigenvalue weighted by atomic mass is 9.93. The third kappa shape index (κ3) is 4.95. The Labute approximate surface area is 287 Å². The summed E-state index contributed by atoms with van der Waals surface area (Å²) in [5.41, 5.74) is 5.61. The topological polar surface area (TPSA) is 117 Å². The van der Waals surface area contributed by atoms with Gasteiger partial charge in [-0.05, 0) is 90.9 Å². The molecule has 2 aliphatic heterocycles. The van der Waals surface area contributed by atoms with Crippen LogP contribution in [0.1, 0.15) is 69.8 Å². The van der Waals surface area contributed by atoms with Gasteiger partial charge in [0.1, 0.15) is 17.5 Å². The number of aromatic amines is 1. The van der Waals surface area contributed by atoms with Gasteiger partial charge in [-0.1, -0.05) is 29.8 Å². The number of pyridine rings is 2. The van der Waals surface area contributed by atoms with Crippen LogP contribution >= 0.6 is 22.9 Å². The number of benzene rings is 2. The van der Waals surface area contributed by atoms with Crippen molar-refractivity contribution in [3.8, 4) is 21.9 Å². The number of anilines is 1.